The minimum atomic E-state index is -3.68. The quantitative estimate of drug-likeness (QED) is 0.799. The molecule has 6 nitrogen and oxygen atoms in total. The molecule has 3 rings (SSSR count). The zero-order valence-corrected chi connectivity index (χ0v) is 13.6. The second-order valence-electron chi connectivity index (χ2n) is 5.13. The maximum Gasteiger partial charge on any atom is 0.262 e. The highest BCUT2D eigenvalue weighted by Gasteiger charge is 2.18. The summed E-state index contributed by atoms with van der Waals surface area (Å²) in [4.78, 5) is 4.47. The first-order valence-corrected chi connectivity index (χ1v) is 8.52. The summed E-state index contributed by atoms with van der Waals surface area (Å²) in [5.41, 5.74) is 2.09. The maximum absolute atomic E-state index is 12.5. The van der Waals surface area contributed by atoms with Gasteiger partial charge in [0.15, 0.2) is 5.82 Å². The predicted octanol–water partition coefficient (Wildman–Crippen LogP) is 2.68. The number of anilines is 1. The van der Waals surface area contributed by atoms with Crippen LogP contribution in [0.3, 0.4) is 0 Å². The van der Waals surface area contributed by atoms with Crippen LogP contribution in [-0.2, 0) is 10.0 Å². The highest BCUT2D eigenvalue weighted by molar-refractivity contribution is 7.92. The highest BCUT2D eigenvalue weighted by atomic mass is 32.2. The summed E-state index contributed by atoms with van der Waals surface area (Å²) in [5.74, 6) is 0.442. The number of rotatable bonds is 4. The van der Waals surface area contributed by atoms with Crippen LogP contribution in [0.15, 0.2) is 59.6 Å². The second-order valence-corrected chi connectivity index (χ2v) is 6.81. The number of aryl methyl sites for hydroxylation is 2. The molecule has 3 aromatic rings. The van der Waals surface area contributed by atoms with Gasteiger partial charge in [-0.2, -0.15) is 5.10 Å². The number of aromatic nitrogens is 3. The number of hydrogen-bond acceptors (Lipinski definition) is 4. The van der Waals surface area contributed by atoms with Crippen molar-refractivity contribution < 1.29 is 8.42 Å². The van der Waals surface area contributed by atoms with E-state index in [-0.39, 0.29) is 4.90 Å². The molecule has 0 aliphatic rings. The Morgan fingerprint density at radius 3 is 2.43 bits per heavy atom. The Hall–Kier alpha value is -2.67. The van der Waals surface area contributed by atoms with E-state index < -0.39 is 10.0 Å². The maximum atomic E-state index is 12.5. The van der Waals surface area contributed by atoms with Crippen molar-refractivity contribution in [3.63, 3.8) is 0 Å². The first-order chi connectivity index (χ1) is 11.0. The molecule has 0 aliphatic carbocycles. The van der Waals surface area contributed by atoms with E-state index in [1.165, 1.54) is 0 Å². The fourth-order valence-corrected chi connectivity index (χ4v) is 3.37. The largest absolute Gasteiger partial charge is 0.276 e. The van der Waals surface area contributed by atoms with Gasteiger partial charge in [0.1, 0.15) is 0 Å². The van der Waals surface area contributed by atoms with E-state index in [0.29, 0.717) is 11.5 Å². The third-order valence-electron chi connectivity index (χ3n) is 3.29. The van der Waals surface area contributed by atoms with E-state index in [0.717, 1.165) is 11.4 Å². The molecular formula is C16H16N4O2S. The van der Waals surface area contributed by atoms with Crippen molar-refractivity contribution >= 4 is 15.7 Å². The van der Waals surface area contributed by atoms with Crippen molar-refractivity contribution in [2.75, 3.05) is 4.72 Å². The molecule has 0 saturated heterocycles. The molecule has 0 saturated carbocycles. The molecule has 118 valence electrons. The fourth-order valence-electron chi connectivity index (χ4n) is 2.29. The first-order valence-electron chi connectivity index (χ1n) is 7.04. The number of benzene rings is 1. The number of nitrogens with zero attached hydrogens (tertiary/aromatic N) is 3. The molecule has 0 spiro atoms. The average Bonchev–Trinajstić information content (AvgIpc) is 2.87. The Morgan fingerprint density at radius 2 is 1.78 bits per heavy atom. The fraction of sp³-hybridized carbons (Fsp3) is 0.125. The molecule has 0 fully saturated rings. The van der Waals surface area contributed by atoms with Gasteiger partial charge in [-0.1, -0.05) is 18.2 Å². The van der Waals surface area contributed by atoms with Crippen molar-refractivity contribution in [1.29, 1.82) is 0 Å². The van der Waals surface area contributed by atoms with Gasteiger partial charge in [-0.3, -0.25) is 4.72 Å². The van der Waals surface area contributed by atoms with Crippen LogP contribution in [0, 0.1) is 13.8 Å². The number of sulfonamides is 1. The van der Waals surface area contributed by atoms with E-state index in [4.69, 9.17) is 0 Å². The van der Waals surface area contributed by atoms with Gasteiger partial charge in [0.2, 0.25) is 0 Å². The van der Waals surface area contributed by atoms with E-state index >= 15 is 0 Å². The van der Waals surface area contributed by atoms with E-state index in [2.05, 4.69) is 14.8 Å². The SMILES string of the molecule is Cc1cc(C)n(-c2ncccc2NS(=O)(=O)c2ccccc2)n1. The average molecular weight is 328 g/mol. The van der Waals surface area contributed by atoms with Gasteiger partial charge in [0, 0.05) is 11.9 Å². The van der Waals surface area contributed by atoms with E-state index in [9.17, 15) is 8.42 Å². The molecule has 0 aliphatic heterocycles. The predicted molar refractivity (Wildman–Crippen MR) is 88.1 cm³/mol. The molecule has 7 heteroatoms. The van der Waals surface area contributed by atoms with Gasteiger partial charge in [0.25, 0.3) is 10.0 Å². The summed E-state index contributed by atoms with van der Waals surface area (Å²) in [7, 11) is -3.68. The molecule has 0 bridgehead atoms. The van der Waals surface area contributed by atoms with Crippen LogP contribution in [-0.4, -0.2) is 23.2 Å². The standard InChI is InChI=1S/C16H16N4O2S/c1-12-11-13(2)20(18-12)16-15(9-6-10-17-16)19-23(21,22)14-7-4-3-5-8-14/h3-11,19H,1-2H3. The molecule has 0 atom stereocenters. The molecule has 1 aromatic carbocycles. The normalized spacial score (nSPS) is 11.4. The Balaban J connectivity index is 2.04. The third kappa shape index (κ3) is 3.09. The topological polar surface area (TPSA) is 76.9 Å². The lowest BCUT2D eigenvalue weighted by Crippen LogP contribution is -2.16. The molecule has 2 heterocycles. The second kappa shape index (κ2) is 5.85. The Kier molecular flexibility index (Phi) is 3.87. The van der Waals surface area contributed by atoms with Crippen molar-refractivity contribution in [3.8, 4) is 5.82 Å². The van der Waals surface area contributed by atoms with Crippen molar-refractivity contribution in [3.05, 3.63) is 66.1 Å². The van der Waals surface area contributed by atoms with Gasteiger partial charge >= 0.3 is 0 Å². The first kappa shape index (κ1) is 15.2. The molecule has 23 heavy (non-hydrogen) atoms. The number of nitrogens with one attached hydrogen (secondary N) is 1. The van der Waals surface area contributed by atoms with Gasteiger partial charge in [-0.15, -0.1) is 0 Å². The molecule has 1 N–H and O–H groups in total. The minimum Gasteiger partial charge on any atom is -0.276 e. The Labute approximate surface area is 134 Å². The number of hydrogen-bond donors (Lipinski definition) is 1. The lowest BCUT2D eigenvalue weighted by atomic mass is 10.3. The molecule has 0 unspecified atom stereocenters. The highest BCUT2D eigenvalue weighted by Crippen LogP contribution is 2.22. The minimum absolute atomic E-state index is 0.197. The summed E-state index contributed by atoms with van der Waals surface area (Å²) in [6.07, 6.45) is 1.60. The summed E-state index contributed by atoms with van der Waals surface area (Å²) in [5, 5.41) is 4.36. The lowest BCUT2D eigenvalue weighted by molar-refractivity contribution is 0.601. The Bertz CT molecular complexity index is 934. The smallest absolute Gasteiger partial charge is 0.262 e. The molecule has 0 radical (unpaired) electrons. The molecular weight excluding hydrogens is 312 g/mol. The third-order valence-corrected chi connectivity index (χ3v) is 4.68. The van der Waals surface area contributed by atoms with Crippen LogP contribution in [0.25, 0.3) is 5.82 Å². The van der Waals surface area contributed by atoms with Crippen molar-refractivity contribution in [1.82, 2.24) is 14.8 Å². The molecule has 2 aromatic heterocycles. The van der Waals surface area contributed by atoms with Crippen molar-refractivity contribution in [2.24, 2.45) is 0 Å². The zero-order chi connectivity index (χ0) is 16.4. The summed E-state index contributed by atoms with van der Waals surface area (Å²) in [6.45, 7) is 3.77. The molecule has 0 amide bonds. The van der Waals surface area contributed by atoms with Crippen molar-refractivity contribution in [2.45, 2.75) is 18.7 Å². The summed E-state index contributed by atoms with van der Waals surface area (Å²) >= 11 is 0. The lowest BCUT2D eigenvalue weighted by Gasteiger charge is -2.12. The van der Waals surface area contributed by atoms with E-state index in [1.807, 2.05) is 19.9 Å². The Morgan fingerprint density at radius 1 is 1.04 bits per heavy atom. The summed E-state index contributed by atoms with van der Waals surface area (Å²) < 4.78 is 29.2. The summed E-state index contributed by atoms with van der Waals surface area (Å²) in [6, 6.07) is 13.5. The van der Waals surface area contributed by atoms with Crippen LogP contribution in [0.4, 0.5) is 5.69 Å². The number of pyridine rings is 1. The van der Waals surface area contributed by atoms with Gasteiger partial charge in [0.05, 0.1) is 16.3 Å². The monoisotopic (exact) mass is 328 g/mol. The van der Waals surface area contributed by atoms with Gasteiger partial charge < -0.3 is 0 Å². The van der Waals surface area contributed by atoms with Crippen LogP contribution < -0.4 is 4.72 Å². The van der Waals surface area contributed by atoms with Gasteiger partial charge in [-0.05, 0) is 44.2 Å². The van der Waals surface area contributed by atoms with Gasteiger partial charge in [-0.25, -0.2) is 18.1 Å². The van der Waals surface area contributed by atoms with Crippen LogP contribution in [0.1, 0.15) is 11.4 Å². The van der Waals surface area contributed by atoms with Crippen LogP contribution >= 0.6 is 0 Å². The van der Waals surface area contributed by atoms with Crippen LogP contribution in [0.2, 0.25) is 0 Å². The van der Waals surface area contributed by atoms with E-state index in [1.54, 1.807) is 53.3 Å². The van der Waals surface area contributed by atoms with Crippen LogP contribution in [0.5, 0.6) is 0 Å². The zero-order valence-electron chi connectivity index (χ0n) is 12.8.